The second-order valence-electron chi connectivity index (χ2n) is 11.2. The van der Waals surface area contributed by atoms with E-state index in [4.69, 9.17) is 10.5 Å². The molecule has 2 unspecified atom stereocenters. The fourth-order valence-electron chi connectivity index (χ4n) is 5.73. The lowest BCUT2D eigenvalue weighted by Crippen LogP contribution is -2.31. The van der Waals surface area contributed by atoms with Gasteiger partial charge in [0.1, 0.15) is 5.75 Å². The summed E-state index contributed by atoms with van der Waals surface area (Å²) in [6, 6.07) is 16.5. The van der Waals surface area contributed by atoms with Gasteiger partial charge >= 0.3 is 6.18 Å². The normalized spacial score (nSPS) is 15.8. The monoisotopic (exact) mass is 651 g/mol. The van der Waals surface area contributed by atoms with Crippen LogP contribution < -0.4 is 21.1 Å². The molecule has 2 heterocycles. The number of aryl methyl sites for hydroxylation is 2. The molecular formula is C34H36F3N5O3S. The summed E-state index contributed by atoms with van der Waals surface area (Å²) in [7, 11) is 3.29. The fraction of sp³-hybridized carbons (Fsp3) is 0.294. The molecule has 0 radical (unpaired) electrons. The highest BCUT2D eigenvalue weighted by molar-refractivity contribution is 7.89. The van der Waals surface area contributed by atoms with Gasteiger partial charge in [0.15, 0.2) is 4.90 Å². The van der Waals surface area contributed by atoms with Crippen LogP contribution in [0, 0.1) is 6.92 Å². The Morgan fingerprint density at radius 1 is 1.15 bits per heavy atom. The number of nitrogens with one attached hydrogen (secondary N) is 2. The standard InChI is InChI=1S/C34H36F3N5O3S/c1-21-8-9-23(14-25(21)20-42-13-5-6-22-10-11-26(34(35,36)37)17-31(22)46(42)44)28(18-32(43)41-27-7-4-12-40-19-27)24-15-29(38)33(39-2)30(16-24)45-3/h4,7-12,14-17,19,28,39H,5-6,13,18,20,38H2,1-3H3,(H,41,43). The Hall–Kier alpha value is -4.26. The molecule has 0 saturated carbocycles. The van der Waals surface area contributed by atoms with E-state index < -0.39 is 29.0 Å². The zero-order chi connectivity index (χ0) is 33.0. The summed E-state index contributed by atoms with van der Waals surface area (Å²) in [6.07, 6.45) is -0.0859. The molecule has 3 aromatic carbocycles. The molecule has 0 aliphatic carbocycles. The van der Waals surface area contributed by atoms with Crippen LogP contribution in [0.5, 0.6) is 5.75 Å². The Bertz CT molecular complexity index is 1700. The molecule has 0 fully saturated rings. The van der Waals surface area contributed by atoms with Gasteiger partial charge in [0.2, 0.25) is 5.91 Å². The molecule has 2 atom stereocenters. The summed E-state index contributed by atoms with van der Waals surface area (Å²) < 4.78 is 61.6. The molecule has 5 rings (SSSR count). The highest BCUT2D eigenvalue weighted by Gasteiger charge is 2.36. The SMILES string of the molecule is CNc1c(N)cc(C(CC(=O)Nc2cccnc2)c2ccc(C)c(CN3CCCc4ccc(C(F)(F)F)cc4[S+]3[O-])c2)cc1OC. The van der Waals surface area contributed by atoms with Gasteiger partial charge in [-0.15, -0.1) is 4.31 Å². The largest absolute Gasteiger partial charge is 0.593 e. The van der Waals surface area contributed by atoms with E-state index in [9.17, 15) is 22.5 Å². The smallest absolute Gasteiger partial charge is 0.416 e. The number of aromatic nitrogens is 1. The first-order chi connectivity index (χ1) is 22.0. The summed E-state index contributed by atoms with van der Waals surface area (Å²) in [5.41, 5.74) is 11.3. The zero-order valence-electron chi connectivity index (χ0n) is 25.8. The van der Waals surface area contributed by atoms with Gasteiger partial charge in [-0.05, 0) is 72.4 Å². The van der Waals surface area contributed by atoms with Gasteiger partial charge in [-0.25, -0.2) is 0 Å². The van der Waals surface area contributed by atoms with Crippen LogP contribution in [0.3, 0.4) is 0 Å². The third kappa shape index (κ3) is 7.41. The first-order valence-corrected chi connectivity index (χ1v) is 15.9. The van der Waals surface area contributed by atoms with Gasteiger partial charge < -0.3 is 25.7 Å². The summed E-state index contributed by atoms with van der Waals surface area (Å²) >= 11 is -1.80. The summed E-state index contributed by atoms with van der Waals surface area (Å²) in [5.74, 6) is -0.150. The van der Waals surface area contributed by atoms with Gasteiger partial charge in [0.05, 0.1) is 53.8 Å². The molecule has 1 aliphatic rings. The predicted octanol–water partition coefficient (Wildman–Crippen LogP) is 6.67. The van der Waals surface area contributed by atoms with E-state index in [1.807, 2.05) is 37.3 Å². The van der Waals surface area contributed by atoms with E-state index in [-0.39, 0.29) is 23.8 Å². The quantitative estimate of drug-likeness (QED) is 0.137. The number of nitrogen functional groups attached to an aromatic ring is 1. The lowest BCUT2D eigenvalue weighted by Gasteiger charge is -2.25. The lowest BCUT2D eigenvalue weighted by atomic mass is 9.86. The van der Waals surface area contributed by atoms with Crippen molar-refractivity contribution in [2.24, 2.45) is 0 Å². The van der Waals surface area contributed by atoms with Crippen molar-refractivity contribution in [2.75, 3.05) is 37.1 Å². The number of halogens is 3. The average molecular weight is 652 g/mol. The molecule has 0 bridgehead atoms. The van der Waals surface area contributed by atoms with Crippen molar-refractivity contribution in [3.63, 3.8) is 0 Å². The van der Waals surface area contributed by atoms with E-state index in [1.165, 1.54) is 6.07 Å². The van der Waals surface area contributed by atoms with Gasteiger partial charge in [-0.2, -0.15) is 13.2 Å². The van der Waals surface area contributed by atoms with Crippen LogP contribution in [0.15, 0.2) is 78.0 Å². The minimum Gasteiger partial charge on any atom is -0.593 e. The van der Waals surface area contributed by atoms with Crippen LogP contribution in [-0.4, -0.2) is 40.5 Å². The Labute approximate surface area is 269 Å². The van der Waals surface area contributed by atoms with E-state index in [0.29, 0.717) is 47.8 Å². The number of hydrogen-bond acceptors (Lipinski definition) is 7. The highest BCUT2D eigenvalue weighted by atomic mass is 32.2. The van der Waals surface area contributed by atoms with Gasteiger partial charge in [0, 0.05) is 43.8 Å². The Kier molecular flexibility index (Phi) is 10.1. The number of nitrogens with zero attached hydrogens (tertiary/aromatic N) is 2. The number of amides is 1. The molecule has 1 aliphatic heterocycles. The van der Waals surface area contributed by atoms with Crippen LogP contribution in [0.25, 0.3) is 0 Å². The molecule has 1 amide bonds. The number of pyridine rings is 1. The summed E-state index contributed by atoms with van der Waals surface area (Å²) in [4.78, 5) is 17.6. The first-order valence-electron chi connectivity index (χ1n) is 14.8. The van der Waals surface area contributed by atoms with Crippen molar-refractivity contribution in [3.05, 3.63) is 106 Å². The molecule has 242 valence electrons. The molecule has 46 heavy (non-hydrogen) atoms. The number of anilines is 3. The van der Waals surface area contributed by atoms with Crippen molar-refractivity contribution in [2.45, 2.75) is 49.7 Å². The Balaban J connectivity index is 1.50. The number of ether oxygens (including phenoxy) is 1. The molecule has 1 aromatic heterocycles. The number of benzene rings is 3. The molecule has 0 saturated heterocycles. The second kappa shape index (κ2) is 14.0. The van der Waals surface area contributed by atoms with Gasteiger partial charge in [-0.1, -0.05) is 24.3 Å². The topological polar surface area (TPSA) is 116 Å². The third-order valence-corrected chi connectivity index (χ3v) is 9.69. The van der Waals surface area contributed by atoms with Gasteiger partial charge in [-0.3, -0.25) is 9.78 Å². The summed E-state index contributed by atoms with van der Waals surface area (Å²) in [5, 5.41) is 5.95. The maximum absolute atomic E-state index is 13.7. The number of fused-ring (bicyclic) bond motifs is 1. The van der Waals surface area contributed by atoms with Crippen LogP contribution in [0.1, 0.15) is 52.1 Å². The Morgan fingerprint density at radius 3 is 2.65 bits per heavy atom. The van der Waals surface area contributed by atoms with Crippen molar-refractivity contribution in [1.29, 1.82) is 0 Å². The van der Waals surface area contributed by atoms with Crippen LogP contribution in [0.4, 0.5) is 30.2 Å². The molecule has 8 nitrogen and oxygen atoms in total. The molecule has 4 N–H and O–H groups in total. The molecular weight excluding hydrogens is 615 g/mol. The maximum atomic E-state index is 13.7. The summed E-state index contributed by atoms with van der Waals surface area (Å²) in [6.45, 7) is 2.63. The average Bonchev–Trinajstić information content (AvgIpc) is 3.18. The number of carbonyl (C=O) groups is 1. The van der Waals surface area contributed by atoms with E-state index >= 15 is 0 Å². The van der Waals surface area contributed by atoms with Crippen molar-refractivity contribution < 1.29 is 27.3 Å². The van der Waals surface area contributed by atoms with Crippen molar-refractivity contribution in [3.8, 4) is 5.75 Å². The van der Waals surface area contributed by atoms with Crippen molar-refractivity contribution in [1.82, 2.24) is 9.29 Å². The van der Waals surface area contributed by atoms with Crippen LogP contribution >= 0.6 is 0 Å². The minimum absolute atomic E-state index is 0.0716. The maximum Gasteiger partial charge on any atom is 0.416 e. The highest BCUT2D eigenvalue weighted by Crippen LogP contribution is 2.39. The minimum atomic E-state index is -4.53. The number of methoxy groups -OCH3 is 1. The van der Waals surface area contributed by atoms with E-state index in [1.54, 1.807) is 43.0 Å². The third-order valence-electron chi connectivity index (χ3n) is 8.16. The number of hydrogen-bond donors (Lipinski definition) is 3. The van der Waals surface area contributed by atoms with Crippen molar-refractivity contribution >= 4 is 34.3 Å². The molecule has 12 heteroatoms. The predicted molar refractivity (Wildman–Crippen MR) is 174 cm³/mol. The number of nitrogens with two attached hydrogens (primary N) is 1. The second-order valence-corrected chi connectivity index (χ2v) is 12.7. The number of carbonyl (C=O) groups excluding carboxylic acids is 1. The molecule has 0 spiro atoms. The number of rotatable bonds is 9. The fourth-order valence-corrected chi connectivity index (χ4v) is 7.18. The molecule has 4 aromatic rings. The number of alkyl halides is 3. The first kappa shape index (κ1) is 33.1. The Morgan fingerprint density at radius 2 is 1.96 bits per heavy atom. The van der Waals surface area contributed by atoms with E-state index in [2.05, 4.69) is 15.6 Å². The van der Waals surface area contributed by atoms with E-state index in [0.717, 1.165) is 34.4 Å². The van der Waals surface area contributed by atoms with Crippen LogP contribution in [-0.2, 0) is 35.3 Å². The lowest BCUT2D eigenvalue weighted by molar-refractivity contribution is -0.137. The van der Waals surface area contributed by atoms with Gasteiger partial charge in [0.25, 0.3) is 0 Å². The van der Waals surface area contributed by atoms with Crippen LogP contribution in [0.2, 0.25) is 0 Å². The zero-order valence-corrected chi connectivity index (χ0v) is 26.6.